The first-order valence-corrected chi connectivity index (χ1v) is 7.81. The normalized spacial score (nSPS) is 23.6. The van der Waals surface area contributed by atoms with Crippen molar-refractivity contribution >= 4 is 43.2 Å². The number of carbonyl (C=O) groups excluding carboxylic acids is 1. The fourth-order valence-corrected chi connectivity index (χ4v) is 4.30. The molecule has 0 aliphatic heterocycles. The van der Waals surface area contributed by atoms with Crippen LogP contribution in [-0.2, 0) is 4.79 Å². The summed E-state index contributed by atoms with van der Waals surface area (Å²) in [6.07, 6.45) is 3.78. The molecule has 0 saturated heterocycles. The summed E-state index contributed by atoms with van der Waals surface area (Å²) < 4.78 is 1.16. The molecule has 0 aromatic carbocycles. The lowest BCUT2D eigenvalue weighted by Gasteiger charge is -2.13. The van der Waals surface area contributed by atoms with Gasteiger partial charge in [-0.25, -0.2) is 4.98 Å². The van der Waals surface area contributed by atoms with Crippen LogP contribution in [0.3, 0.4) is 0 Å². The Kier molecular flexibility index (Phi) is 3.32. The number of anilines is 1. The first-order chi connectivity index (χ1) is 8.72. The summed E-state index contributed by atoms with van der Waals surface area (Å²) in [6.45, 7) is 0. The fraction of sp³-hybridized carbons (Fsp3) is 0.500. The minimum atomic E-state index is 0.0405. The van der Waals surface area contributed by atoms with Gasteiger partial charge in [-0.3, -0.25) is 4.79 Å². The molecule has 2 aromatic rings. The lowest BCUT2D eigenvalue weighted by atomic mass is 10.00. The van der Waals surface area contributed by atoms with E-state index in [-0.39, 0.29) is 11.9 Å². The van der Waals surface area contributed by atoms with Gasteiger partial charge < -0.3 is 11.1 Å². The van der Waals surface area contributed by atoms with E-state index in [1.807, 2.05) is 11.4 Å². The van der Waals surface area contributed by atoms with Gasteiger partial charge in [0.05, 0.1) is 5.52 Å². The number of nitrogens with zero attached hydrogens (tertiary/aromatic N) is 1. The molecule has 0 unspecified atom stereocenters. The van der Waals surface area contributed by atoms with E-state index >= 15 is 0 Å². The first kappa shape index (κ1) is 12.1. The molecule has 3 N–H and O–H groups in total. The lowest BCUT2D eigenvalue weighted by molar-refractivity contribution is -0.117. The molecule has 96 valence electrons. The molecule has 3 rings (SSSR count). The van der Waals surface area contributed by atoms with Gasteiger partial charge in [-0.2, -0.15) is 0 Å². The maximum absolute atomic E-state index is 11.9. The molecule has 4 nitrogen and oxygen atoms in total. The number of rotatable bonds is 3. The second-order valence-corrected chi connectivity index (χ2v) is 6.89. The number of aromatic nitrogens is 1. The monoisotopic (exact) mass is 281 g/mol. The second-order valence-electron chi connectivity index (χ2n) is 4.72. The Morgan fingerprint density at radius 2 is 2.44 bits per heavy atom. The highest BCUT2D eigenvalue weighted by Gasteiger charge is 2.26. The molecule has 2 heterocycles. The third-order valence-electron chi connectivity index (χ3n) is 3.43. The van der Waals surface area contributed by atoms with E-state index in [1.165, 1.54) is 11.3 Å². The zero-order valence-corrected chi connectivity index (χ0v) is 11.5. The predicted octanol–water partition coefficient (Wildman–Crippen LogP) is 2.81. The molecule has 1 amide bonds. The summed E-state index contributed by atoms with van der Waals surface area (Å²) in [5, 5.41) is 5.60. The Morgan fingerprint density at radius 3 is 3.17 bits per heavy atom. The number of thiophene rings is 1. The van der Waals surface area contributed by atoms with Crippen molar-refractivity contribution in [3.05, 3.63) is 11.4 Å². The average Bonchev–Trinajstić information content (AvgIpc) is 2.96. The van der Waals surface area contributed by atoms with Gasteiger partial charge >= 0.3 is 0 Å². The van der Waals surface area contributed by atoms with Crippen molar-refractivity contribution in [2.45, 2.75) is 31.7 Å². The maximum atomic E-state index is 11.9. The average molecular weight is 281 g/mol. The summed E-state index contributed by atoms with van der Waals surface area (Å²) in [7, 11) is 0. The highest BCUT2D eigenvalue weighted by atomic mass is 32.2. The van der Waals surface area contributed by atoms with Crippen molar-refractivity contribution in [1.82, 2.24) is 4.98 Å². The SMILES string of the molecule is N[C@@H]1CCC[C@H]1CC(=O)Nc1nc2ccsc2s1. The molecular weight excluding hydrogens is 266 g/mol. The predicted molar refractivity (Wildman–Crippen MR) is 76.1 cm³/mol. The third kappa shape index (κ3) is 2.41. The molecular formula is C12H15N3OS2. The Morgan fingerprint density at radius 1 is 1.56 bits per heavy atom. The Labute approximate surface area is 113 Å². The summed E-state index contributed by atoms with van der Waals surface area (Å²) >= 11 is 3.19. The standard InChI is InChI=1S/C12H15N3OS2/c13-8-3-1-2-7(8)6-10(16)15-12-14-9-4-5-17-11(9)18-12/h4-5,7-8H,1-3,6,13H2,(H,14,15,16)/t7-,8+/m0/s1. The van der Waals surface area contributed by atoms with Crippen LogP contribution in [0.4, 0.5) is 5.13 Å². The molecule has 18 heavy (non-hydrogen) atoms. The van der Waals surface area contributed by atoms with Crippen LogP contribution in [-0.4, -0.2) is 16.9 Å². The van der Waals surface area contributed by atoms with Crippen LogP contribution in [0.15, 0.2) is 11.4 Å². The zero-order chi connectivity index (χ0) is 12.5. The number of amides is 1. The molecule has 1 fully saturated rings. The van der Waals surface area contributed by atoms with Crippen LogP contribution in [0.5, 0.6) is 0 Å². The smallest absolute Gasteiger partial charge is 0.226 e. The van der Waals surface area contributed by atoms with E-state index < -0.39 is 0 Å². The molecule has 0 radical (unpaired) electrons. The van der Waals surface area contributed by atoms with Gasteiger partial charge in [-0.05, 0) is 30.2 Å². The van der Waals surface area contributed by atoms with Crippen molar-refractivity contribution in [2.24, 2.45) is 11.7 Å². The first-order valence-electron chi connectivity index (χ1n) is 6.12. The van der Waals surface area contributed by atoms with Gasteiger partial charge in [-0.1, -0.05) is 17.8 Å². The highest BCUT2D eigenvalue weighted by Crippen LogP contribution is 2.31. The van der Waals surface area contributed by atoms with Crippen molar-refractivity contribution in [1.29, 1.82) is 0 Å². The van der Waals surface area contributed by atoms with Crippen molar-refractivity contribution in [2.75, 3.05) is 5.32 Å². The Balaban J connectivity index is 1.62. The van der Waals surface area contributed by atoms with Gasteiger partial charge in [0.25, 0.3) is 0 Å². The van der Waals surface area contributed by atoms with Crippen LogP contribution >= 0.6 is 22.7 Å². The van der Waals surface area contributed by atoms with Gasteiger partial charge in [0, 0.05) is 12.5 Å². The number of carbonyl (C=O) groups is 1. The lowest BCUT2D eigenvalue weighted by Crippen LogP contribution is -2.28. The molecule has 1 aliphatic carbocycles. The molecule has 2 aromatic heterocycles. The van der Waals surface area contributed by atoms with Gasteiger partial charge in [-0.15, -0.1) is 11.3 Å². The number of nitrogens with two attached hydrogens (primary N) is 1. The summed E-state index contributed by atoms with van der Waals surface area (Å²) in [5.74, 6) is 0.379. The fourth-order valence-electron chi connectivity index (χ4n) is 2.45. The van der Waals surface area contributed by atoms with E-state index in [0.717, 1.165) is 28.8 Å². The van der Waals surface area contributed by atoms with Gasteiger partial charge in [0.15, 0.2) is 5.13 Å². The van der Waals surface area contributed by atoms with Crippen LogP contribution < -0.4 is 11.1 Å². The van der Waals surface area contributed by atoms with Crippen LogP contribution in [0, 0.1) is 5.92 Å². The topological polar surface area (TPSA) is 68.0 Å². The van der Waals surface area contributed by atoms with E-state index in [0.29, 0.717) is 17.5 Å². The summed E-state index contributed by atoms with van der Waals surface area (Å²) in [4.78, 5) is 16.3. The van der Waals surface area contributed by atoms with Gasteiger partial charge in [0.1, 0.15) is 4.01 Å². The molecule has 6 heteroatoms. The number of hydrogen-bond acceptors (Lipinski definition) is 5. The largest absolute Gasteiger partial charge is 0.327 e. The third-order valence-corrected chi connectivity index (χ3v) is 5.45. The molecule has 0 spiro atoms. The molecule has 2 atom stereocenters. The summed E-state index contributed by atoms with van der Waals surface area (Å²) in [5.41, 5.74) is 6.94. The van der Waals surface area contributed by atoms with Crippen molar-refractivity contribution < 1.29 is 4.79 Å². The minimum absolute atomic E-state index is 0.0405. The van der Waals surface area contributed by atoms with Gasteiger partial charge in [0.2, 0.25) is 5.91 Å². The van der Waals surface area contributed by atoms with Crippen LogP contribution in [0.2, 0.25) is 0 Å². The number of thiazole rings is 1. The quantitative estimate of drug-likeness (QED) is 0.909. The van der Waals surface area contributed by atoms with Crippen molar-refractivity contribution in [3.8, 4) is 0 Å². The van der Waals surface area contributed by atoms with Crippen LogP contribution in [0.1, 0.15) is 25.7 Å². The number of fused-ring (bicyclic) bond motifs is 1. The Hall–Kier alpha value is -0.980. The van der Waals surface area contributed by atoms with Crippen LogP contribution in [0.25, 0.3) is 9.53 Å². The van der Waals surface area contributed by atoms with Crippen molar-refractivity contribution in [3.63, 3.8) is 0 Å². The number of nitrogens with one attached hydrogen (secondary N) is 1. The Bertz CT molecular complexity index is 534. The van der Waals surface area contributed by atoms with E-state index in [2.05, 4.69) is 10.3 Å². The molecule has 1 aliphatic rings. The second kappa shape index (κ2) is 4.95. The molecule has 1 saturated carbocycles. The summed E-state index contributed by atoms with van der Waals surface area (Å²) in [6, 6.07) is 2.16. The zero-order valence-electron chi connectivity index (χ0n) is 9.89. The van der Waals surface area contributed by atoms with E-state index in [9.17, 15) is 4.79 Å². The highest BCUT2D eigenvalue weighted by molar-refractivity contribution is 7.39. The molecule has 0 bridgehead atoms. The van der Waals surface area contributed by atoms with E-state index in [1.54, 1.807) is 11.3 Å². The minimum Gasteiger partial charge on any atom is -0.327 e. The maximum Gasteiger partial charge on any atom is 0.226 e. The van der Waals surface area contributed by atoms with E-state index in [4.69, 9.17) is 5.73 Å². The number of hydrogen-bond donors (Lipinski definition) is 2.